The van der Waals surface area contributed by atoms with Crippen LogP contribution in [-0.4, -0.2) is 24.8 Å². The Morgan fingerprint density at radius 1 is 1.21 bits per heavy atom. The molecule has 2 aromatic rings. The number of nitrogens with zero attached hydrogens (tertiary/aromatic N) is 1. The third kappa shape index (κ3) is 3.40. The van der Waals surface area contributed by atoms with Gasteiger partial charge in [-0.15, -0.1) is 0 Å². The van der Waals surface area contributed by atoms with Gasteiger partial charge >= 0.3 is 0 Å². The molecule has 1 heterocycles. The summed E-state index contributed by atoms with van der Waals surface area (Å²) in [4.78, 5) is 17.7. The molecule has 124 valence electrons. The number of aryl methyl sites for hydroxylation is 2. The molecule has 1 amide bonds. The van der Waals surface area contributed by atoms with Gasteiger partial charge in [0.25, 0.3) is 5.91 Å². The number of amides is 1. The van der Waals surface area contributed by atoms with Crippen LogP contribution in [0.3, 0.4) is 0 Å². The van der Waals surface area contributed by atoms with Gasteiger partial charge in [-0.1, -0.05) is 22.9 Å². The molecular weight excluding hydrogens is 304 g/mol. The topological polar surface area (TPSA) is 59.9 Å². The van der Waals surface area contributed by atoms with E-state index in [0.29, 0.717) is 6.42 Å². The molecule has 0 aliphatic carbocycles. The van der Waals surface area contributed by atoms with Crippen molar-refractivity contribution in [2.24, 2.45) is 5.16 Å². The van der Waals surface area contributed by atoms with Crippen LogP contribution in [0, 0.1) is 13.8 Å². The Bertz CT molecular complexity index is 782. The summed E-state index contributed by atoms with van der Waals surface area (Å²) in [5.74, 6) is 0.594. The van der Waals surface area contributed by atoms with Crippen LogP contribution in [0.15, 0.2) is 47.6 Å². The van der Waals surface area contributed by atoms with Crippen molar-refractivity contribution in [3.05, 3.63) is 59.2 Å². The number of nitrogens with one attached hydrogen (secondary N) is 1. The first kappa shape index (κ1) is 16.1. The van der Waals surface area contributed by atoms with Crippen LogP contribution in [0.25, 0.3) is 0 Å². The van der Waals surface area contributed by atoms with Gasteiger partial charge in [-0.05, 0) is 55.3 Å². The molecule has 0 bridgehead atoms. The summed E-state index contributed by atoms with van der Waals surface area (Å²) < 4.78 is 5.14. The predicted molar refractivity (Wildman–Crippen MR) is 93.6 cm³/mol. The van der Waals surface area contributed by atoms with Gasteiger partial charge in [0.2, 0.25) is 6.10 Å². The third-order valence-electron chi connectivity index (χ3n) is 4.02. The minimum absolute atomic E-state index is 0.186. The maximum Gasteiger partial charge on any atom is 0.268 e. The van der Waals surface area contributed by atoms with Gasteiger partial charge in [0.1, 0.15) is 5.75 Å². The van der Waals surface area contributed by atoms with Gasteiger partial charge < -0.3 is 14.9 Å². The van der Waals surface area contributed by atoms with Crippen molar-refractivity contribution in [1.82, 2.24) is 0 Å². The zero-order valence-corrected chi connectivity index (χ0v) is 14.0. The number of rotatable bonds is 4. The van der Waals surface area contributed by atoms with Crippen molar-refractivity contribution >= 4 is 17.3 Å². The molecule has 5 heteroatoms. The summed E-state index contributed by atoms with van der Waals surface area (Å²) in [6.45, 7) is 3.99. The van der Waals surface area contributed by atoms with Crippen LogP contribution in [-0.2, 0) is 9.63 Å². The highest BCUT2D eigenvalue weighted by atomic mass is 16.6. The second kappa shape index (κ2) is 6.74. The molecule has 5 nitrogen and oxygen atoms in total. The second-order valence-electron chi connectivity index (χ2n) is 5.87. The summed E-state index contributed by atoms with van der Waals surface area (Å²) in [5, 5.41) is 6.97. The Morgan fingerprint density at radius 2 is 1.96 bits per heavy atom. The lowest BCUT2D eigenvalue weighted by molar-refractivity contribution is -0.125. The normalized spacial score (nSPS) is 16.3. The van der Waals surface area contributed by atoms with Gasteiger partial charge in [0, 0.05) is 12.1 Å². The summed E-state index contributed by atoms with van der Waals surface area (Å²) in [7, 11) is 1.62. The molecule has 1 N–H and O–H groups in total. The van der Waals surface area contributed by atoms with Crippen LogP contribution < -0.4 is 10.1 Å². The highest BCUT2D eigenvalue weighted by molar-refractivity contribution is 6.06. The minimum Gasteiger partial charge on any atom is -0.497 e. The molecule has 0 radical (unpaired) electrons. The molecule has 0 aromatic heterocycles. The molecule has 1 aliphatic rings. The number of hydrogen-bond acceptors (Lipinski definition) is 4. The van der Waals surface area contributed by atoms with E-state index in [1.54, 1.807) is 7.11 Å². The molecule has 1 atom stereocenters. The van der Waals surface area contributed by atoms with Crippen LogP contribution >= 0.6 is 0 Å². The van der Waals surface area contributed by atoms with Crippen LogP contribution in [0.2, 0.25) is 0 Å². The fourth-order valence-electron chi connectivity index (χ4n) is 2.64. The fourth-order valence-corrected chi connectivity index (χ4v) is 2.64. The highest BCUT2D eigenvalue weighted by Crippen LogP contribution is 2.22. The van der Waals surface area contributed by atoms with Crippen molar-refractivity contribution in [2.45, 2.75) is 26.4 Å². The Labute approximate surface area is 141 Å². The lowest BCUT2D eigenvalue weighted by Gasteiger charge is -2.12. The smallest absolute Gasteiger partial charge is 0.268 e. The first-order valence-corrected chi connectivity index (χ1v) is 7.82. The maximum atomic E-state index is 12.4. The van der Waals surface area contributed by atoms with E-state index in [-0.39, 0.29) is 5.91 Å². The Morgan fingerprint density at radius 3 is 2.62 bits per heavy atom. The molecule has 0 spiro atoms. The van der Waals surface area contributed by atoms with Gasteiger partial charge in [-0.25, -0.2) is 0 Å². The summed E-state index contributed by atoms with van der Waals surface area (Å²) >= 11 is 0. The molecule has 0 saturated carbocycles. The average molecular weight is 324 g/mol. The van der Waals surface area contributed by atoms with Crippen LogP contribution in [0.1, 0.15) is 23.1 Å². The van der Waals surface area contributed by atoms with E-state index >= 15 is 0 Å². The Balaban J connectivity index is 1.64. The number of ether oxygens (including phenoxy) is 1. The van der Waals surface area contributed by atoms with Crippen LogP contribution in [0.5, 0.6) is 5.75 Å². The van der Waals surface area contributed by atoms with Gasteiger partial charge in [-0.2, -0.15) is 0 Å². The largest absolute Gasteiger partial charge is 0.497 e. The quantitative estimate of drug-likeness (QED) is 0.937. The van der Waals surface area contributed by atoms with E-state index in [9.17, 15) is 4.79 Å². The van der Waals surface area contributed by atoms with Crippen molar-refractivity contribution in [1.29, 1.82) is 0 Å². The second-order valence-corrected chi connectivity index (χ2v) is 5.87. The number of hydrogen-bond donors (Lipinski definition) is 1. The number of methoxy groups -OCH3 is 1. The standard InChI is InChI=1S/C19H20N2O3/c1-12-4-9-16(13(2)10-12)20-19(22)18-11-17(21-24-18)14-5-7-15(23-3)8-6-14/h4-10,18H,11H2,1-3H3,(H,20,22). The monoisotopic (exact) mass is 324 g/mol. The number of oxime groups is 1. The number of carbonyl (C=O) groups excluding carboxylic acids is 1. The molecule has 2 aromatic carbocycles. The van der Waals surface area contributed by atoms with E-state index in [2.05, 4.69) is 10.5 Å². The maximum absolute atomic E-state index is 12.4. The summed E-state index contributed by atoms with van der Waals surface area (Å²) in [6.07, 6.45) is -0.161. The molecule has 0 saturated heterocycles. The molecule has 3 rings (SSSR count). The fraction of sp³-hybridized carbons (Fsp3) is 0.263. The van der Waals surface area contributed by atoms with Gasteiger partial charge in [0.15, 0.2) is 0 Å². The minimum atomic E-state index is -0.609. The van der Waals surface area contributed by atoms with E-state index < -0.39 is 6.10 Å². The molecule has 1 aliphatic heterocycles. The van der Waals surface area contributed by atoms with Gasteiger partial charge in [-0.3, -0.25) is 4.79 Å². The van der Waals surface area contributed by atoms with E-state index in [0.717, 1.165) is 33.8 Å². The van der Waals surface area contributed by atoms with Crippen molar-refractivity contribution < 1.29 is 14.4 Å². The molecule has 24 heavy (non-hydrogen) atoms. The van der Waals surface area contributed by atoms with Crippen molar-refractivity contribution in [2.75, 3.05) is 12.4 Å². The Kier molecular flexibility index (Phi) is 4.51. The van der Waals surface area contributed by atoms with Crippen molar-refractivity contribution in [3.8, 4) is 5.75 Å². The Hall–Kier alpha value is -2.82. The van der Waals surface area contributed by atoms with Gasteiger partial charge in [0.05, 0.1) is 12.8 Å². The lowest BCUT2D eigenvalue weighted by atomic mass is 10.0. The zero-order chi connectivity index (χ0) is 17.1. The summed E-state index contributed by atoms with van der Waals surface area (Å²) in [5.41, 5.74) is 4.67. The lowest BCUT2D eigenvalue weighted by Crippen LogP contribution is -2.28. The SMILES string of the molecule is COc1ccc(C2=NOC(C(=O)Nc3ccc(C)cc3C)C2)cc1. The first-order chi connectivity index (χ1) is 11.6. The van der Waals surface area contributed by atoms with E-state index in [1.807, 2.05) is 56.3 Å². The van der Waals surface area contributed by atoms with E-state index in [1.165, 1.54) is 0 Å². The predicted octanol–water partition coefficient (Wildman–Crippen LogP) is 3.44. The third-order valence-corrected chi connectivity index (χ3v) is 4.02. The van der Waals surface area contributed by atoms with E-state index in [4.69, 9.17) is 9.57 Å². The number of benzene rings is 2. The zero-order valence-electron chi connectivity index (χ0n) is 14.0. The number of carbonyl (C=O) groups is 1. The first-order valence-electron chi connectivity index (χ1n) is 7.82. The highest BCUT2D eigenvalue weighted by Gasteiger charge is 2.29. The van der Waals surface area contributed by atoms with Crippen molar-refractivity contribution in [3.63, 3.8) is 0 Å². The van der Waals surface area contributed by atoms with Crippen LogP contribution in [0.4, 0.5) is 5.69 Å². The molecular formula is C19H20N2O3. The summed E-state index contributed by atoms with van der Waals surface area (Å²) in [6, 6.07) is 13.4. The average Bonchev–Trinajstić information content (AvgIpc) is 3.07. The molecule has 0 fully saturated rings. The number of anilines is 1. The molecule has 1 unspecified atom stereocenters.